The molecule has 1 aliphatic carbocycles. The fourth-order valence-electron chi connectivity index (χ4n) is 5.75. The van der Waals surface area contributed by atoms with Crippen LogP contribution >= 0.6 is 0 Å². The highest BCUT2D eigenvalue weighted by molar-refractivity contribution is 5.96. The van der Waals surface area contributed by atoms with Crippen molar-refractivity contribution in [3.63, 3.8) is 0 Å². The second-order valence-electron chi connectivity index (χ2n) is 10.5. The Labute approximate surface area is 227 Å². The van der Waals surface area contributed by atoms with E-state index in [-0.39, 0.29) is 12.3 Å². The van der Waals surface area contributed by atoms with Gasteiger partial charge in [-0.3, -0.25) is 9.55 Å². The summed E-state index contributed by atoms with van der Waals surface area (Å²) in [5.74, 6) is 1.02. The number of ether oxygens (including phenoxy) is 2. The van der Waals surface area contributed by atoms with Crippen LogP contribution < -0.4 is 10.1 Å². The molecule has 2 aliphatic rings. The van der Waals surface area contributed by atoms with Crippen LogP contribution in [0.1, 0.15) is 57.6 Å². The van der Waals surface area contributed by atoms with E-state index in [0.717, 1.165) is 72.1 Å². The highest BCUT2D eigenvalue weighted by Gasteiger charge is 2.24. The van der Waals surface area contributed by atoms with Gasteiger partial charge in [-0.1, -0.05) is 36.8 Å². The Morgan fingerprint density at radius 2 is 1.74 bits per heavy atom. The normalized spacial score (nSPS) is 18.4. The lowest BCUT2D eigenvalue weighted by Crippen LogP contribution is -2.21. The van der Waals surface area contributed by atoms with Crippen LogP contribution in [0.5, 0.6) is 5.88 Å². The molecule has 1 atom stereocenters. The third kappa shape index (κ3) is 4.92. The van der Waals surface area contributed by atoms with E-state index in [0.29, 0.717) is 17.3 Å². The maximum Gasteiger partial charge on any atom is 0.247 e. The molecule has 1 N–H and O–H groups in total. The molecule has 1 saturated carbocycles. The van der Waals surface area contributed by atoms with Crippen LogP contribution in [-0.2, 0) is 4.74 Å². The van der Waals surface area contributed by atoms with Gasteiger partial charge in [-0.05, 0) is 80.3 Å². The summed E-state index contributed by atoms with van der Waals surface area (Å²) in [6.07, 6.45) is 12.6. The van der Waals surface area contributed by atoms with E-state index < -0.39 is 0 Å². The Morgan fingerprint density at radius 1 is 0.872 bits per heavy atom. The molecule has 7 rings (SSSR count). The number of fused-ring (bicyclic) bond motifs is 2. The zero-order valence-electron chi connectivity index (χ0n) is 21.9. The van der Waals surface area contributed by atoms with Crippen molar-refractivity contribution in [2.75, 3.05) is 11.9 Å². The van der Waals surface area contributed by atoms with Gasteiger partial charge in [0.2, 0.25) is 11.8 Å². The van der Waals surface area contributed by atoms with Gasteiger partial charge >= 0.3 is 0 Å². The first-order valence-electron chi connectivity index (χ1n) is 14.1. The molecule has 4 heterocycles. The summed E-state index contributed by atoms with van der Waals surface area (Å²) in [5, 5.41) is 4.52. The number of anilines is 2. The van der Waals surface area contributed by atoms with Gasteiger partial charge < -0.3 is 14.8 Å². The number of benzene rings is 2. The van der Waals surface area contributed by atoms with Crippen molar-refractivity contribution in [3.8, 4) is 17.0 Å². The van der Waals surface area contributed by atoms with Gasteiger partial charge in [0, 0.05) is 23.9 Å². The molecule has 8 heteroatoms. The van der Waals surface area contributed by atoms with E-state index in [2.05, 4.69) is 46.7 Å². The van der Waals surface area contributed by atoms with Crippen LogP contribution in [-0.4, -0.2) is 37.2 Å². The maximum atomic E-state index is 6.48. The lowest BCUT2D eigenvalue weighted by molar-refractivity contribution is -0.0298. The zero-order valence-corrected chi connectivity index (χ0v) is 21.9. The van der Waals surface area contributed by atoms with Crippen molar-refractivity contribution in [2.45, 2.75) is 63.7 Å². The number of imidazole rings is 1. The molecule has 0 bridgehead atoms. The van der Waals surface area contributed by atoms with Crippen molar-refractivity contribution in [1.29, 1.82) is 0 Å². The number of nitrogens with one attached hydrogen (secondary N) is 1. The predicted molar refractivity (Wildman–Crippen MR) is 152 cm³/mol. The summed E-state index contributed by atoms with van der Waals surface area (Å²) in [6, 6.07) is 18.6. The van der Waals surface area contributed by atoms with E-state index in [4.69, 9.17) is 24.4 Å². The molecule has 0 amide bonds. The van der Waals surface area contributed by atoms with Crippen LogP contribution in [0.3, 0.4) is 0 Å². The van der Waals surface area contributed by atoms with E-state index in [1.165, 1.54) is 19.3 Å². The average Bonchev–Trinajstić information content (AvgIpc) is 3.43. The molecule has 2 aromatic carbocycles. The summed E-state index contributed by atoms with van der Waals surface area (Å²) in [7, 11) is 0. The summed E-state index contributed by atoms with van der Waals surface area (Å²) in [4.78, 5) is 19.0. The first-order valence-corrected chi connectivity index (χ1v) is 14.1. The fraction of sp³-hybridized carbons (Fsp3) is 0.355. The molecule has 39 heavy (non-hydrogen) atoms. The predicted octanol–water partition coefficient (Wildman–Crippen LogP) is 7.20. The number of rotatable bonds is 6. The Balaban J connectivity index is 1.28. The molecule has 1 saturated heterocycles. The summed E-state index contributed by atoms with van der Waals surface area (Å²) >= 11 is 0. The van der Waals surface area contributed by atoms with Crippen molar-refractivity contribution in [2.24, 2.45) is 0 Å². The molecule has 3 aromatic heterocycles. The number of aromatic nitrogens is 5. The van der Waals surface area contributed by atoms with E-state index >= 15 is 0 Å². The first-order chi connectivity index (χ1) is 19.3. The number of hydrogen-bond acceptors (Lipinski definition) is 7. The SMILES string of the molecule is c1ccc(-c2ccnc3ccc(Nc4nc(OC5CCCCC5)c5ncn(C6CCCCO6)c5n4)cc23)cc1. The standard InChI is InChI=1S/C31H32N6O2/c1-3-9-21(10-4-1)24-16-17-32-26-15-14-22(19-25(24)26)34-31-35-29-28(30(36-31)39-23-11-5-2-6-12-23)33-20-37(29)27-13-7-8-18-38-27/h1,3-4,9-10,14-17,19-20,23,27H,2,5-8,11-13,18H2,(H,34,35,36). The van der Waals surface area contributed by atoms with Gasteiger partial charge in [-0.15, -0.1) is 0 Å². The molecule has 5 aromatic rings. The smallest absolute Gasteiger partial charge is 0.247 e. The van der Waals surface area contributed by atoms with Crippen LogP contribution in [0.4, 0.5) is 11.6 Å². The van der Waals surface area contributed by atoms with Gasteiger partial charge in [0.05, 0.1) is 11.8 Å². The highest BCUT2D eigenvalue weighted by Crippen LogP contribution is 2.34. The van der Waals surface area contributed by atoms with E-state index in [1.807, 2.05) is 35.3 Å². The van der Waals surface area contributed by atoms with E-state index in [1.54, 1.807) is 0 Å². The summed E-state index contributed by atoms with van der Waals surface area (Å²) in [5.41, 5.74) is 5.53. The Morgan fingerprint density at radius 3 is 2.59 bits per heavy atom. The van der Waals surface area contributed by atoms with Crippen molar-refractivity contribution >= 4 is 33.7 Å². The molecule has 8 nitrogen and oxygen atoms in total. The topological polar surface area (TPSA) is 87.0 Å². The van der Waals surface area contributed by atoms with Gasteiger partial charge in [-0.2, -0.15) is 9.97 Å². The zero-order chi connectivity index (χ0) is 26.0. The minimum atomic E-state index is -0.0748. The third-order valence-corrected chi connectivity index (χ3v) is 7.77. The Bertz CT molecular complexity index is 1590. The minimum Gasteiger partial charge on any atom is -0.473 e. The molecule has 1 unspecified atom stereocenters. The molecule has 1 aliphatic heterocycles. The van der Waals surface area contributed by atoms with Crippen LogP contribution in [0.15, 0.2) is 67.1 Å². The van der Waals surface area contributed by atoms with Gasteiger partial charge in [-0.25, -0.2) is 4.98 Å². The second kappa shape index (κ2) is 10.6. The quantitative estimate of drug-likeness (QED) is 0.253. The molecule has 0 spiro atoms. The van der Waals surface area contributed by atoms with Gasteiger partial charge in [0.1, 0.15) is 12.3 Å². The van der Waals surface area contributed by atoms with Crippen LogP contribution in [0.2, 0.25) is 0 Å². The van der Waals surface area contributed by atoms with Crippen LogP contribution in [0.25, 0.3) is 33.2 Å². The fourth-order valence-corrected chi connectivity index (χ4v) is 5.75. The van der Waals surface area contributed by atoms with Crippen molar-refractivity contribution in [1.82, 2.24) is 24.5 Å². The third-order valence-electron chi connectivity index (χ3n) is 7.77. The van der Waals surface area contributed by atoms with Crippen LogP contribution in [0, 0.1) is 0 Å². The Kier molecular flexibility index (Phi) is 6.54. The number of hydrogen-bond donors (Lipinski definition) is 1. The van der Waals surface area contributed by atoms with Gasteiger partial charge in [0.25, 0.3) is 0 Å². The number of pyridine rings is 1. The molecular weight excluding hydrogens is 488 g/mol. The summed E-state index contributed by atoms with van der Waals surface area (Å²) in [6.45, 7) is 0.751. The van der Waals surface area contributed by atoms with Crippen molar-refractivity contribution < 1.29 is 9.47 Å². The molecule has 0 radical (unpaired) electrons. The largest absolute Gasteiger partial charge is 0.473 e. The number of nitrogens with zero attached hydrogens (tertiary/aromatic N) is 5. The maximum absolute atomic E-state index is 6.48. The van der Waals surface area contributed by atoms with Crippen molar-refractivity contribution in [3.05, 3.63) is 67.1 Å². The molecule has 198 valence electrons. The summed E-state index contributed by atoms with van der Waals surface area (Å²) < 4.78 is 14.6. The Hall–Kier alpha value is -4.04. The first kappa shape index (κ1) is 24.0. The second-order valence-corrected chi connectivity index (χ2v) is 10.5. The monoisotopic (exact) mass is 520 g/mol. The van der Waals surface area contributed by atoms with E-state index in [9.17, 15) is 0 Å². The molecular formula is C31H32N6O2. The lowest BCUT2D eigenvalue weighted by Gasteiger charge is -2.24. The highest BCUT2D eigenvalue weighted by atomic mass is 16.5. The minimum absolute atomic E-state index is 0.0748. The van der Waals surface area contributed by atoms with Gasteiger partial charge in [0.15, 0.2) is 11.2 Å². The molecule has 2 fully saturated rings. The average molecular weight is 521 g/mol. The lowest BCUT2D eigenvalue weighted by atomic mass is 9.98.